The molecule has 1 fully saturated rings. The van der Waals surface area contributed by atoms with Gasteiger partial charge in [-0.05, 0) is 49.8 Å². The number of nitrogens with zero attached hydrogens (tertiary/aromatic N) is 1. The highest BCUT2D eigenvalue weighted by Gasteiger charge is 2.30. The van der Waals surface area contributed by atoms with E-state index >= 15 is 0 Å². The first-order chi connectivity index (χ1) is 10.5. The van der Waals surface area contributed by atoms with Crippen LogP contribution in [0.2, 0.25) is 0 Å². The largest absolute Gasteiger partial charge is 0.416 e. The van der Waals surface area contributed by atoms with E-state index in [1.54, 1.807) is 13.2 Å². The van der Waals surface area contributed by atoms with Crippen molar-refractivity contribution < 1.29 is 17.9 Å². The number of aryl methyl sites for hydroxylation is 1. The molecule has 1 saturated heterocycles. The van der Waals surface area contributed by atoms with Gasteiger partial charge < -0.3 is 9.64 Å². The number of alkyl halides is 3. The molecule has 0 N–H and O–H groups in total. The fourth-order valence-corrected chi connectivity index (χ4v) is 3.08. The molecule has 0 saturated carbocycles. The van der Waals surface area contributed by atoms with Crippen molar-refractivity contribution in [2.24, 2.45) is 5.92 Å². The highest BCUT2D eigenvalue weighted by atomic mass is 19.4. The first-order valence-corrected chi connectivity index (χ1v) is 7.86. The Labute approximate surface area is 130 Å². The third-order valence-corrected chi connectivity index (χ3v) is 4.31. The summed E-state index contributed by atoms with van der Waals surface area (Å²) in [6, 6.07) is 5.72. The summed E-state index contributed by atoms with van der Waals surface area (Å²) < 4.78 is 43.2. The summed E-state index contributed by atoms with van der Waals surface area (Å²) in [5.74, 6) is 0.570. The van der Waals surface area contributed by atoms with Gasteiger partial charge in [-0.3, -0.25) is 0 Å². The fraction of sp³-hybridized carbons (Fsp3) is 0.647. The average Bonchev–Trinajstić information content (AvgIpc) is 2.51. The number of rotatable bonds is 6. The molecule has 22 heavy (non-hydrogen) atoms. The molecule has 0 aliphatic carbocycles. The van der Waals surface area contributed by atoms with Gasteiger partial charge in [-0.15, -0.1) is 0 Å². The predicted molar refractivity (Wildman–Crippen MR) is 80.8 cm³/mol. The molecule has 1 unspecified atom stereocenters. The maximum absolute atomic E-state index is 12.7. The van der Waals surface area contributed by atoms with Crippen LogP contribution in [0.4, 0.5) is 13.2 Å². The smallest absolute Gasteiger partial charge is 0.383 e. The Hall–Kier alpha value is -1.07. The van der Waals surface area contributed by atoms with Crippen molar-refractivity contribution in [1.29, 1.82) is 0 Å². The molecule has 1 aromatic carbocycles. The lowest BCUT2D eigenvalue weighted by Crippen LogP contribution is -2.37. The summed E-state index contributed by atoms with van der Waals surface area (Å²) in [7, 11) is 1.70. The molecule has 2 nitrogen and oxygen atoms in total. The number of hydrogen-bond donors (Lipinski definition) is 0. The van der Waals surface area contributed by atoms with Gasteiger partial charge in [0.15, 0.2) is 0 Å². The van der Waals surface area contributed by atoms with Crippen molar-refractivity contribution in [2.75, 3.05) is 33.4 Å². The molecule has 2 rings (SSSR count). The van der Waals surface area contributed by atoms with Gasteiger partial charge >= 0.3 is 6.18 Å². The van der Waals surface area contributed by atoms with Crippen LogP contribution >= 0.6 is 0 Å². The Bertz CT molecular complexity index is 461. The van der Waals surface area contributed by atoms with E-state index in [2.05, 4.69) is 4.90 Å². The lowest BCUT2D eigenvalue weighted by Gasteiger charge is -2.32. The molecule has 124 valence electrons. The Balaban J connectivity index is 1.85. The highest BCUT2D eigenvalue weighted by molar-refractivity contribution is 5.25. The summed E-state index contributed by atoms with van der Waals surface area (Å²) >= 11 is 0. The standard InChI is InChI=1S/C17H24F3NO/c1-22-11-10-21-9-3-5-15(13-21)8-7-14-4-2-6-16(12-14)17(18,19)20/h2,4,6,12,15H,3,5,7-11,13H2,1H3. The highest BCUT2D eigenvalue weighted by Crippen LogP contribution is 2.30. The summed E-state index contributed by atoms with van der Waals surface area (Å²) in [5, 5.41) is 0. The molecule has 0 aromatic heterocycles. The molecule has 1 aliphatic heterocycles. The van der Waals surface area contributed by atoms with Gasteiger partial charge in [0.1, 0.15) is 0 Å². The second kappa shape index (κ2) is 7.97. The number of ether oxygens (including phenoxy) is 1. The van der Waals surface area contributed by atoms with Crippen molar-refractivity contribution in [3.05, 3.63) is 35.4 Å². The molecular weight excluding hydrogens is 291 g/mol. The number of benzene rings is 1. The molecular formula is C17H24F3NO. The molecule has 1 atom stereocenters. The van der Waals surface area contributed by atoms with Crippen LogP contribution in [-0.2, 0) is 17.3 Å². The number of methoxy groups -OCH3 is 1. The maximum atomic E-state index is 12.7. The number of halogens is 3. The zero-order valence-corrected chi connectivity index (χ0v) is 13.0. The van der Waals surface area contributed by atoms with E-state index in [1.165, 1.54) is 18.6 Å². The average molecular weight is 315 g/mol. The van der Waals surface area contributed by atoms with Crippen molar-refractivity contribution in [2.45, 2.75) is 31.9 Å². The molecule has 0 amide bonds. The lowest BCUT2D eigenvalue weighted by molar-refractivity contribution is -0.137. The van der Waals surface area contributed by atoms with Crippen LogP contribution in [0.15, 0.2) is 24.3 Å². The van der Waals surface area contributed by atoms with E-state index in [-0.39, 0.29) is 0 Å². The number of piperidine rings is 1. The minimum absolute atomic E-state index is 0.546. The van der Waals surface area contributed by atoms with E-state index in [0.717, 1.165) is 50.7 Å². The van der Waals surface area contributed by atoms with Crippen LogP contribution in [-0.4, -0.2) is 38.3 Å². The third kappa shape index (κ3) is 5.29. The zero-order chi connectivity index (χ0) is 16.0. The Morgan fingerprint density at radius 1 is 1.32 bits per heavy atom. The summed E-state index contributed by atoms with van der Waals surface area (Å²) in [6.45, 7) is 3.81. The second-order valence-corrected chi connectivity index (χ2v) is 6.04. The van der Waals surface area contributed by atoms with E-state index in [9.17, 15) is 13.2 Å². The quantitative estimate of drug-likeness (QED) is 0.787. The van der Waals surface area contributed by atoms with Crippen LogP contribution in [0.5, 0.6) is 0 Å². The van der Waals surface area contributed by atoms with E-state index in [4.69, 9.17) is 4.74 Å². The van der Waals surface area contributed by atoms with Crippen LogP contribution in [0.1, 0.15) is 30.4 Å². The summed E-state index contributed by atoms with van der Waals surface area (Å²) in [6.07, 6.45) is -0.255. The van der Waals surface area contributed by atoms with Gasteiger partial charge in [0.2, 0.25) is 0 Å². The SMILES string of the molecule is COCCN1CCCC(CCc2cccc(C(F)(F)F)c2)C1. The maximum Gasteiger partial charge on any atom is 0.416 e. The molecule has 0 radical (unpaired) electrons. The summed E-state index contributed by atoms with van der Waals surface area (Å²) in [5.41, 5.74) is 0.235. The second-order valence-electron chi connectivity index (χ2n) is 6.04. The Kier molecular flexibility index (Phi) is 6.26. The van der Waals surface area contributed by atoms with Gasteiger partial charge in [-0.1, -0.05) is 18.2 Å². The van der Waals surface area contributed by atoms with E-state index in [1.807, 2.05) is 0 Å². The number of hydrogen-bond acceptors (Lipinski definition) is 2. The minimum Gasteiger partial charge on any atom is -0.383 e. The van der Waals surface area contributed by atoms with E-state index in [0.29, 0.717) is 12.3 Å². The number of likely N-dealkylation sites (tertiary alicyclic amines) is 1. The van der Waals surface area contributed by atoms with Gasteiger partial charge in [-0.25, -0.2) is 0 Å². The molecule has 1 heterocycles. The summed E-state index contributed by atoms with van der Waals surface area (Å²) in [4.78, 5) is 2.39. The van der Waals surface area contributed by atoms with Gasteiger partial charge in [0.25, 0.3) is 0 Å². The monoisotopic (exact) mass is 315 g/mol. The Morgan fingerprint density at radius 2 is 2.14 bits per heavy atom. The zero-order valence-electron chi connectivity index (χ0n) is 13.0. The van der Waals surface area contributed by atoms with Crippen LogP contribution < -0.4 is 0 Å². The molecule has 1 aliphatic rings. The topological polar surface area (TPSA) is 12.5 Å². The van der Waals surface area contributed by atoms with Crippen LogP contribution in [0.25, 0.3) is 0 Å². The van der Waals surface area contributed by atoms with Crippen molar-refractivity contribution in [3.63, 3.8) is 0 Å². The van der Waals surface area contributed by atoms with Crippen LogP contribution in [0.3, 0.4) is 0 Å². The van der Waals surface area contributed by atoms with E-state index < -0.39 is 11.7 Å². The first-order valence-electron chi connectivity index (χ1n) is 7.86. The van der Waals surface area contributed by atoms with Gasteiger partial charge in [0, 0.05) is 20.2 Å². The third-order valence-electron chi connectivity index (χ3n) is 4.31. The Morgan fingerprint density at radius 3 is 2.86 bits per heavy atom. The van der Waals surface area contributed by atoms with Crippen molar-refractivity contribution >= 4 is 0 Å². The molecule has 0 bridgehead atoms. The molecule has 1 aromatic rings. The van der Waals surface area contributed by atoms with Gasteiger partial charge in [-0.2, -0.15) is 13.2 Å². The fourth-order valence-electron chi connectivity index (χ4n) is 3.08. The van der Waals surface area contributed by atoms with Crippen molar-refractivity contribution in [3.8, 4) is 0 Å². The lowest BCUT2D eigenvalue weighted by atomic mass is 9.91. The molecule has 5 heteroatoms. The minimum atomic E-state index is -4.25. The normalized spacial score (nSPS) is 20.3. The predicted octanol–water partition coefficient (Wildman–Crippen LogP) is 4.00. The van der Waals surface area contributed by atoms with Crippen LogP contribution in [0, 0.1) is 5.92 Å². The first kappa shape index (κ1) is 17.3. The van der Waals surface area contributed by atoms with Gasteiger partial charge in [0.05, 0.1) is 12.2 Å². The molecule has 0 spiro atoms. The van der Waals surface area contributed by atoms with Crippen molar-refractivity contribution in [1.82, 2.24) is 4.90 Å².